The molecule has 10 rings (SSSR count). The molecule has 0 saturated heterocycles. The Balaban J connectivity index is 1.06. The van der Waals surface area contributed by atoms with Gasteiger partial charge >= 0.3 is 0 Å². The lowest BCUT2D eigenvalue weighted by Gasteiger charge is -2.12. The number of rotatable bonds is 4. The molecule has 4 nitrogen and oxygen atoms in total. The zero-order valence-electron chi connectivity index (χ0n) is 25.8. The number of aromatic nitrogens is 3. The first-order valence-corrected chi connectivity index (χ1v) is 16.2. The van der Waals surface area contributed by atoms with E-state index in [-0.39, 0.29) is 0 Å². The lowest BCUT2D eigenvalue weighted by molar-refractivity contribution is 0.669. The third-order valence-electron chi connectivity index (χ3n) is 9.41. The molecule has 4 heteroatoms. The highest BCUT2D eigenvalue weighted by molar-refractivity contribution is 6.28. The largest absolute Gasteiger partial charge is 0.456 e. The molecule has 0 N–H and O–H groups in total. The van der Waals surface area contributed by atoms with Gasteiger partial charge in [-0.3, -0.25) is 4.57 Å². The molecule has 0 saturated carbocycles. The van der Waals surface area contributed by atoms with Gasteiger partial charge in [0.05, 0.1) is 22.2 Å². The van der Waals surface area contributed by atoms with Crippen molar-refractivity contribution in [2.45, 2.75) is 0 Å². The highest BCUT2D eigenvalue weighted by Gasteiger charge is 2.18. The molecule has 0 aliphatic carbocycles. The van der Waals surface area contributed by atoms with Gasteiger partial charge in [-0.05, 0) is 59.7 Å². The van der Waals surface area contributed by atoms with Gasteiger partial charge in [-0.25, -0.2) is 9.97 Å². The summed E-state index contributed by atoms with van der Waals surface area (Å²) in [7, 11) is 0. The van der Waals surface area contributed by atoms with E-state index < -0.39 is 0 Å². The molecule has 7 aromatic carbocycles. The minimum absolute atomic E-state index is 0.893. The SMILES string of the molecule is c1ccc(-n2c(-c3ccc(-c4ccc(-c5nc6ccccc6c6c5ccc5oc7ccccc7c56)cc4)cc3)nc3ccccc32)cc1. The molecule has 3 heterocycles. The summed E-state index contributed by atoms with van der Waals surface area (Å²) in [6, 6.07) is 57.1. The van der Waals surface area contributed by atoms with Crippen LogP contribution in [0.3, 0.4) is 0 Å². The summed E-state index contributed by atoms with van der Waals surface area (Å²) in [5, 5.41) is 5.69. The van der Waals surface area contributed by atoms with Crippen molar-refractivity contribution >= 4 is 54.6 Å². The lowest BCUT2D eigenvalue weighted by atomic mass is 9.95. The minimum atomic E-state index is 0.893. The molecule has 0 fully saturated rings. The van der Waals surface area contributed by atoms with Crippen LogP contribution in [0.4, 0.5) is 0 Å². The summed E-state index contributed by atoms with van der Waals surface area (Å²) in [5.41, 5.74) is 11.3. The highest BCUT2D eigenvalue weighted by Crippen LogP contribution is 2.41. The van der Waals surface area contributed by atoms with Crippen LogP contribution >= 0.6 is 0 Å². The van der Waals surface area contributed by atoms with Crippen molar-refractivity contribution in [3.8, 4) is 39.5 Å². The van der Waals surface area contributed by atoms with Crippen molar-refractivity contribution in [1.29, 1.82) is 0 Å². The molecule has 0 aliphatic heterocycles. The van der Waals surface area contributed by atoms with E-state index in [1.807, 2.05) is 24.3 Å². The Labute approximate surface area is 276 Å². The second-order valence-corrected chi connectivity index (χ2v) is 12.2. The zero-order chi connectivity index (χ0) is 31.6. The molecule has 3 aromatic heterocycles. The number of hydrogen-bond acceptors (Lipinski definition) is 3. The summed E-state index contributed by atoms with van der Waals surface area (Å²) in [6.45, 7) is 0. The topological polar surface area (TPSA) is 43.9 Å². The van der Waals surface area contributed by atoms with Gasteiger partial charge in [-0.15, -0.1) is 0 Å². The molecule has 0 bridgehead atoms. The average Bonchev–Trinajstić information content (AvgIpc) is 3.74. The predicted octanol–water partition coefficient (Wildman–Crippen LogP) is 11.6. The molecular weight excluding hydrogens is 587 g/mol. The van der Waals surface area contributed by atoms with E-state index in [0.29, 0.717) is 0 Å². The van der Waals surface area contributed by atoms with Gasteiger partial charge in [-0.1, -0.05) is 115 Å². The summed E-state index contributed by atoms with van der Waals surface area (Å²) in [6.07, 6.45) is 0. The van der Waals surface area contributed by atoms with Crippen LogP contribution in [0.1, 0.15) is 0 Å². The van der Waals surface area contributed by atoms with Crippen LogP contribution < -0.4 is 0 Å². The standard InChI is InChI=1S/C44H27N3O/c1-2-10-32(11-3-1)47-38-16-8-7-15-37(38)46-44(47)31-24-20-29(21-25-31)28-18-22-30(23-19-28)43-35-26-27-40-42(34-13-5-9-17-39(34)48-40)41(35)33-12-4-6-14-36(33)45-43/h1-27H. The van der Waals surface area contributed by atoms with E-state index in [2.05, 4.69) is 144 Å². The van der Waals surface area contributed by atoms with Crippen LogP contribution in [-0.4, -0.2) is 14.5 Å². The van der Waals surface area contributed by atoms with Gasteiger partial charge in [0.25, 0.3) is 0 Å². The van der Waals surface area contributed by atoms with E-state index in [9.17, 15) is 0 Å². The molecule has 0 unspecified atom stereocenters. The van der Waals surface area contributed by atoms with Crippen molar-refractivity contribution in [2.24, 2.45) is 0 Å². The van der Waals surface area contributed by atoms with Crippen molar-refractivity contribution in [2.75, 3.05) is 0 Å². The number of para-hydroxylation sites is 5. The van der Waals surface area contributed by atoms with Crippen molar-refractivity contribution in [1.82, 2.24) is 14.5 Å². The van der Waals surface area contributed by atoms with Crippen molar-refractivity contribution < 1.29 is 4.42 Å². The maximum atomic E-state index is 6.27. The Morgan fingerprint density at radius 1 is 0.396 bits per heavy atom. The van der Waals surface area contributed by atoms with E-state index in [4.69, 9.17) is 14.4 Å². The van der Waals surface area contributed by atoms with Crippen LogP contribution in [0.5, 0.6) is 0 Å². The lowest BCUT2D eigenvalue weighted by Crippen LogP contribution is -1.97. The Hall–Kier alpha value is -6.52. The fourth-order valence-electron chi connectivity index (χ4n) is 7.17. The fraction of sp³-hybridized carbons (Fsp3) is 0. The van der Waals surface area contributed by atoms with Gasteiger partial charge < -0.3 is 4.42 Å². The zero-order valence-corrected chi connectivity index (χ0v) is 25.8. The molecule has 0 atom stereocenters. The molecule has 10 aromatic rings. The Kier molecular flexibility index (Phi) is 5.84. The summed E-state index contributed by atoms with van der Waals surface area (Å²) >= 11 is 0. The van der Waals surface area contributed by atoms with Gasteiger partial charge in [-0.2, -0.15) is 0 Å². The van der Waals surface area contributed by atoms with Crippen molar-refractivity contribution in [3.63, 3.8) is 0 Å². The number of nitrogens with zero attached hydrogens (tertiary/aromatic N) is 3. The molecule has 0 aliphatic rings. The summed E-state index contributed by atoms with van der Waals surface area (Å²) in [5.74, 6) is 0.929. The van der Waals surface area contributed by atoms with Crippen LogP contribution in [0.15, 0.2) is 168 Å². The summed E-state index contributed by atoms with van der Waals surface area (Å²) in [4.78, 5) is 10.2. The first-order valence-electron chi connectivity index (χ1n) is 16.2. The second-order valence-electron chi connectivity index (χ2n) is 12.2. The first-order chi connectivity index (χ1) is 23.8. The van der Waals surface area contributed by atoms with Gasteiger partial charge in [0.15, 0.2) is 0 Å². The fourth-order valence-corrected chi connectivity index (χ4v) is 7.17. The molecular formula is C44H27N3O. The van der Waals surface area contributed by atoms with Crippen LogP contribution in [-0.2, 0) is 0 Å². The minimum Gasteiger partial charge on any atom is -0.456 e. The highest BCUT2D eigenvalue weighted by atomic mass is 16.3. The van der Waals surface area contributed by atoms with Crippen molar-refractivity contribution in [3.05, 3.63) is 164 Å². The van der Waals surface area contributed by atoms with Crippen LogP contribution in [0.2, 0.25) is 0 Å². The Morgan fingerprint density at radius 3 is 1.81 bits per heavy atom. The van der Waals surface area contributed by atoms with Gasteiger partial charge in [0.1, 0.15) is 17.0 Å². The predicted molar refractivity (Wildman–Crippen MR) is 197 cm³/mol. The number of imidazole rings is 1. The van der Waals surface area contributed by atoms with E-state index in [1.165, 1.54) is 5.39 Å². The third-order valence-corrected chi connectivity index (χ3v) is 9.41. The summed E-state index contributed by atoms with van der Waals surface area (Å²) < 4.78 is 8.51. The first kappa shape index (κ1) is 26.7. The average molecular weight is 614 g/mol. The maximum absolute atomic E-state index is 6.27. The van der Waals surface area contributed by atoms with E-state index in [1.54, 1.807) is 0 Å². The molecule has 48 heavy (non-hydrogen) atoms. The molecule has 224 valence electrons. The Bertz CT molecular complexity index is 2810. The number of pyridine rings is 1. The molecule has 0 radical (unpaired) electrons. The molecule has 0 amide bonds. The number of fused-ring (bicyclic) bond motifs is 8. The smallest absolute Gasteiger partial charge is 0.145 e. The van der Waals surface area contributed by atoms with E-state index in [0.717, 1.165) is 88.7 Å². The quantitative estimate of drug-likeness (QED) is 0.186. The maximum Gasteiger partial charge on any atom is 0.145 e. The number of benzene rings is 7. The second kappa shape index (κ2) is 10.5. The number of hydrogen-bond donors (Lipinski definition) is 0. The monoisotopic (exact) mass is 613 g/mol. The third kappa shape index (κ3) is 4.10. The van der Waals surface area contributed by atoms with E-state index >= 15 is 0 Å². The van der Waals surface area contributed by atoms with Crippen LogP contribution in [0.25, 0.3) is 94.1 Å². The number of furan rings is 1. The normalized spacial score (nSPS) is 11.8. The van der Waals surface area contributed by atoms with Gasteiger partial charge in [0.2, 0.25) is 0 Å². The van der Waals surface area contributed by atoms with Crippen LogP contribution in [0, 0.1) is 0 Å². The molecule has 0 spiro atoms. The Morgan fingerprint density at radius 2 is 1.02 bits per heavy atom. The van der Waals surface area contributed by atoms with Gasteiger partial charge in [0, 0.05) is 43.7 Å².